The Hall–Kier alpha value is -1.41. The summed E-state index contributed by atoms with van der Waals surface area (Å²) in [5.41, 5.74) is -4.66. The van der Waals surface area contributed by atoms with Gasteiger partial charge in [0.05, 0.1) is 12.2 Å². The third kappa shape index (κ3) is 2.85. The number of alkyl halides is 1. The van der Waals surface area contributed by atoms with Crippen LogP contribution in [0.25, 0.3) is 0 Å². The highest BCUT2D eigenvalue weighted by Gasteiger charge is 2.79. The zero-order chi connectivity index (χ0) is 24.6. The lowest BCUT2D eigenvalue weighted by Gasteiger charge is -2.62. The molecule has 1 saturated heterocycles. The molecule has 33 heavy (non-hydrogen) atoms. The van der Waals surface area contributed by atoms with E-state index in [1.54, 1.807) is 26.8 Å². The van der Waals surface area contributed by atoms with Gasteiger partial charge in [-0.3, -0.25) is 9.59 Å². The van der Waals surface area contributed by atoms with Gasteiger partial charge in [0.15, 0.2) is 28.6 Å². The fraction of sp³-hybridized carbons (Fsp3) is 0.769. The second kappa shape index (κ2) is 7.54. The van der Waals surface area contributed by atoms with Crippen molar-refractivity contribution in [1.82, 2.24) is 0 Å². The smallest absolute Gasteiger partial charge is 0.193 e. The first-order chi connectivity index (χ1) is 15.4. The normalized spacial score (nSPS) is 49.1. The number of hydrogen-bond donors (Lipinski definition) is 2. The topological polar surface area (TPSA) is 93.1 Å². The molecule has 5 rings (SSSR count). The molecule has 4 aliphatic carbocycles. The van der Waals surface area contributed by atoms with Gasteiger partial charge in [0.25, 0.3) is 0 Å². The highest BCUT2D eigenvalue weighted by atomic mass is 19.1. The van der Waals surface area contributed by atoms with Crippen molar-refractivity contribution < 1.29 is 33.7 Å². The average molecular weight is 465 g/mol. The lowest BCUT2D eigenvalue weighted by Crippen LogP contribution is -2.70. The Morgan fingerprint density at radius 3 is 2.52 bits per heavy atom. The quantitative estimate of drug-likeness (QED) is 0.650. The maximum Gasteiger partial charge on any atom is 0.193 e. The average Bonchev–Trinajstić information content (AvgIpc) is 3.17. The van der Waals surface area contributed by atoms with Gasteiger partial charge in [-0.1, -0.05) is 32.4 Å². The molecule has 184 valence electrons. The van der Waals surface area contributed by atoms with Crippen LogP contribution < -0.4 is 0 Å². The molecule has 0 spiro atoms. The minimum Gasteiger partial charge on any atom is -0.390 e. The summed E-state index contributed by atoms with van der Waals surface area (Å²) in [6.45, 7) is 10.4. The SMILES string of the molecule is CC.CC1(C)OC2CC3C4CCC5=CC(=O)C=CC5(C)C4(F)C(O)CC3(C)C2(C(=O)CO)O1. The first-order valence-electron chi connectivity index (χ1n) is 12.2. The van der Waals surface area contributed by atoms with Crippen LogP contribution in [-0.2, 0) is 19.1 Å². The van der Waals surface area contributed by atoms with Gasteiger partial charge in [-0.25, -0.2) is 4.39 Å². The standard InChI is InChI=1S/C24H31FO6.C2H6/c1-20(2)30-19-10-16-15-6-5-13-9-14(27)7-8-21(13,3)23(15,25)17(28)11-22(16,4)24(19,31-20)18(29)12-26;1-2/h7-9,15-17,19,26,28H,5-6,10-12H2,1-4H3;1-2H3. The molecule has 5 aliphatic rings. The number of carbonyl (C=O) groups excluding carboxylic acids is 2. The second-order valence-corrected chi connectivity index (χ2v) is 10.9. The van der Waals surface area contributed by atoms with E-state index in [1.807, 2.05) is 20.8 Å². The summed E-state index contributed by atoms with van der Waals surface area (Å²) in [7, 11) is 0. The van der Waals surface area contributed by atoms with E-state index in [-0.39, 0.29) is 18.1 Å². The molecule has 3 saturated carbocycles. The summed E-state index contributed by atoms with van der Waals surface area (Å²) >= 11 is 0. The molecule has 0 aromatic heterocycles. The number of halogens is 1. The summed E-state index contributed by atoms with van der Waals surface area (Å²) < 4.78 is 29.5. The minimum atomic E-state index is -1.98. The van der Waals surface area contributed by atoms with Crippen molar-refractivity contribution in [2.45, 2.75) is 96.5 Å². The molecule has 0 amide bonds. The molecule has 4 fully saturated rings. The predicted octanol–water partition coefficient (Wildman–Crippen LogP) is 3.45. The van der Waals surface area contributed by atoms with E-state index in [0.29, 0.717) is 19.3 Å². The third-order valence-electron chi connectivity index (χ3n) is 9.19. The Morgan fingerprint density at radius 1 is 1.21 bits per heavy atom. The van der Waals surface area contributed by atoms with Gasteiger partial charge < -0.3 is 19.7 Å². The number of rotatable bonds is 2. The van der Waals surface area contributed by atoms with E-state index in [0.717, 1.165) is 5.57 Å². The van der Waals surface area contributed by atoms with E-state index in [9.17, 15) is 19.8 Å². The first-order valence-corrected chi connectivity index (χ1v) is 12.2. The van der Waals surface area contributed by atoms with Crippen LogP contribution in [0.15, 0.2) is 23.8 Å². The van der Waals surface area contributed by atoms with Crippen LogP contribution in [0.2, 0.25) is 0 Å². The summed E-state index contributed by atoms with van der Waals surface area (Å²) in [4.78, 5) is 25.1. The lowest BCUT2D eigenvalue weighted by atomic mass is 9.44. The van der Waals surface area contributed by atoms with Crippen LogP contribution in [0.4, 0.5) is 4.39 Å². The van der Waals surface area contributed by atoms with Crippen molar-refractivity contribution in [3.63, 3.8) is 0 Å². The van der Waals surface area contributed by atoms with Crippen molar-refractivity contribution in [2.24, 2.45) is 22.7 Å². The van der Waals surface area contributed by atoms with Crippen LogP contribution >= 0.6 is 0 Å². The molecular formula is C26H37FO6. The number of allylic oxidation sites excluding steroid dienone is 4. The van der Waals surface area contributed by atoms with Gasteiger partial charge in [-0.05, 0) is 64.5 Å². The van der Waals surface area contributed by atoms with Gasteiger partial charge in [0.1, 0.15) is 6.61 Å². The molecule has 2 N–H and O–H groups in total. The molecular weight excluding hydrogens is 427 g/mol. The minimum absolute atomic E-state index is 0.0109. The molecule has 8 unspecified atom stereocenters. The molecule has 0 bridgehead atoms. The van der Waals surface area contributed by atoms with E-state index < -0.39 is 58.4 Å². The Bertz CT molecular complexity index is 926. The monoisotopic (exact) mass is 464 g/mol. The van der Waals surface area contributed by atoms with Crippen molar-refractivity contribution >= 4 is 11.6 Å². The van der Waals surface area contributed by atoms with Gasteiger partial charge in [-0.15, -0.1) is 0 Å². The number of fused-ring (bicyclic) bond motifs is 7. The van der Waals surface area contributed by atoms with Crippen molar-refractivity contribution in [3.05, 3.63) is 23.8 Å². The number of carbonyl (C=O) groups is 2. The maximum atomic E-state index is 17.1. The largest absolute Gasteiger partial charge is 0.390 e. The molecule has 0 radical (unpaired) electrons. The van der Waals surface area contributed by atoms with Crippen LogP contribution in [0.5, 0.6) is 0 Å². The fourth-order valence-corrected chi connectivity index (χ4v) is 7.93. The Kier molecular flexibility index (Phi) is 5.65. The molecule has 6 nitrogen and oxygen atoms in total. The highest BCUT2D eigenvalue weighted by molar-refractivity contribution is 6.01. The van der Waals surface area contributed by atoms with E-state index in [2.05, 4.69) is 0 Å². The number of aliphatic hydroxyl groups is 2. The van der Waals surface area contributed by atoms with Gasteiger partial charge in [0.2, 0.25) is 0 Å². The van der Waals surface area contributed by atoms with Crippen molar-refractivity contribution in [3.8, 4) is 0 Å². The first kappa shape index (κ1) is 24.7. The Morgan fingerprint density at radius 2 is 1.88 bits per heavy atom. The van der Waals surface area contributed by atoms with E-state index >= 15 is 4.39 Å². The van der Waals surface area contributed by atoms with Crippen LogP contribution in [0, 0.1) is 22.7 Å². The maximum absolute atomic E-state index is 17.1. The number of hydrogen-bond acceptors (Lipinski definition) is 6. The van der Waals surface area contributed by atoms with Crippen molar-refractivity contribution in [2.75, 3.05) is 6.61 Å². The third-order valence-corrected chi connectivity index (χ3v) is 9.19. The number of aliphatic hydroxyl groups excluding tert-OH is 2. The fourth-order valence-electron chi connectivity index (χ4n) is 7.93. The second-order valence-electron chi connectivity index (χ2n) is 10.9. The molecule has 0 aromatic carbocycles. The summed E-state index contributed by atoms with van der Waals surface area (Å²) in [5, 5.41) is 21.2. The molecule has 7 heteroatoms. The van der Waals surface area contributed by atoms with Gasteiger partial charge >= 0.3 is 0 Å². The summed E-state index contributed by atoms with van der Waals surface area (Å²) in [5.74, 6) is -2.46. The van der Waals surface area contributed by atoms with Gasteiger partial charge in [0, 0.05) is 16.7 Å². The number of Topliss-reactive ketones (excluding diaryl/α,β-unsaturated/α-hetero) is 1. The number of ketones is 2. The van der Waals surface area contributed by atoms with Gasteiger partial charge in [-0.2, -0.15) is 0 Å². The van der Waals surface area contributed by atoms with E-state index in [4.69, 9.17) is 9.47 Å². The number of ether oxygens (including phenoxy) is 2. The Labute approximate surface area is 195 Å². The van der Waals surface area contributed by atoms with E-state index in [1.165, 1.54) is 12.2 Å². The molecule has 1 aliphatic heterocycles. The molecule has 8 atom stereocenters. The highest BCUT2D eigenvalue weighted by Crippen LogP contribution is 2.72. The van der Waals surface area contributed by atoms with Crippen LogP contribution in [0.1, 0.15) is 67.2 Å². The lowest BCUT2D eigenvalue weighted by molar-refractivity contribution is -0.246. The molecule has 1 heterocycles. The zero-order valence-corrected chi connectivity index (χ0v) is 20.5. The van der Waals surface area contributed by atoms with Crippen molar-refractivity contribution in [1.29, 1.82) is 0 Å². The summed E-state index contributed by atoms with van der Waals surface area (Å²) in [6.07, 6.45) is 4.00. The molecule has 0 aromatic rings. The summed E-state index contributed by atoms with van der Waals surface area (Å²) in [6, 6.07) is 0. The zero-order valence-electron chi connectivity index (χ0n) is 20.5. The van der Waals surface area contributed by atoms with Crippen LogP contribution in [-0.4, -0.2) is 57.7 Å². The Balaban J connectivity index is 0.00000126. The predicted molar refractivity (Wildman–Crippen MR) is 120 cm³/mol. The van der Waals surface area contributed by atoms with Crippen LogP contribution in [0.3, 0.4) is 0 Å².